The van der Waals surface area contributed by atoms with Gasteiger partial charge in [0, 0.05) is 31.6 Å². The van der Waals surface area contributed by atoms with Gasteiger partial charge in [-0.25, -0.2) is 4.79 Å². The first kappa shape index (κ1) is 14.3. The van der Waals surface area contributed by atoms with Crippen LogP contribution in [0, 0.1) is 0 Å². The van der Waals surface area contributed by atoms with Crippen LogP contribution in [0.25, 0.3) is 0 Å². The van der Waals surface area contributed by atoms with Crippen molar-refractivity contribution in [2.75, 3.05) is 13.2 Å². The van der Waals surface area contributed by atoms with Gasteiger partial charge in [0.15, 0.2) is 0 Å². The van der Waals surface area contributed by atoms with Gasteiger partial charge in [0.2, 0.25) is 0 Å². The van der Waals surface area contributed by atoms with Gasteiger partial charge in [-0.2, -0.15) is 5.10 Å². The number of carbonyl (C=O) groups excluding carboxylic acids is 1. The third-order valence-electron chi connectivity index (χ3n) is 3.82. The smallest absolute Gasteiger partial charge is 0.341 e. The summed E-state index contributed by atoms with van der Waals surface area (Å²) < 4.78 is 6.88. The predicted molar refractivity (Wildman–Crippen MR) is 81.3 cm³/mol. The molecule has 0 amide bonds. The zero-order chi connectivity index (χ0) is 14.8. The van der Waals surface area contributed by atoms with E-state index >= 15 is 0 Å². The van der Waals surface area contributed by atoms with E-state index in [4.69, 9.17) is 4.74 Å². The second kappa shape index (κ2) is 5.99. The summed E-state index contributed by atoms with van der Waals surface area (Å²) >= 11 is 1.83. The number of fused-ring (bicyclic) bond motifs is 1. The van der Waals surface area contributed by atoms with Crippen LogP contribution in [0.4, 0.5) is 0 Å². The van der Waals surface area contributed by atoms with E-state index in [1.807, 2.05) is 25.3 Å². The lowest BCUT2D eigenvalue weighted by Crippen LogP contribution is -2.30. The van der Waals surface area contributed by atoms with Gasteiger partial charge in [-0.15, -0.1) is 11.3 Å². The van der Waals surface area contributed by atoms with Gasteiger partial charge in [0.05, 0.1) is 18.5 Å². The van der Waals surface area contributed by atoms with Crippen molar-refractivity contribution in [3.8, 4) is 0 Å². The first-order valence-electron chi connectivity index (χ1n) is 7.14. The van der Waals surface area contributed by atoms with E-state index < -0.39 is 0 Å². The second-order valence-corrected chi connectivity index (χ2v) is 6.18. The molecule has 2 aromatic rings. The maximum Gasteiger partial charge on any atom is 0.341 e. The molecule has 1 aliphatic heterocycles. The molecule has 0 spiro atoms. The summed E-state index contributed by atoms with van der Waals surface area (Å²) in [4.78, 5) is 15.8. The van der Waals surface area contributed by atoms with E-state index in [0.717, 1.165) is 31.7 Å². The van der Waals surface area contributed by atoms with Crippen molar-refractivity contribution in [2.24, 2.45) is 7.05 Å². The average molecular weight is 305 g/mol. The highest BCUT2D eigenvalue weighted by Crippen LogP contribution is 2.25. The summed E-state index contributed by atoms with van der Waals surface area (Å²) in [6.07, 6.45) is 2.69. The van der Waals surface area contributed by atoms with E-state index in [9.17, 15) is 4.79 Å². The number of thiophene rings is 1. The molecule has 0 radical (unpaired) electrons. The van der Waals surface area contributed by atoms with Crippen LogP contribution in [-0.2, 0) is 31.3 Å². The molecule has 3 heterocycles. The molecule has 1 aliphatic rings. The topological polar surface area (TPSA) is 47.4 Å². The summed E-state index contributed by atoms with van der Waals surface area (Å²) in [6.45, 7) is 4.87. The van der Waals surface area contributed by atoms with Gasteiger partial charge in [0.25, 0.3) is 0 Å². The molecule has 0 bridgehead atoms. The Bertz CT molecular complexity index is 647. The maximum atomic E-state index is 12.0. The Balaban J connectivity index is 1.76. The SMILES string of the molecule is CCOC(=O)c1cnn(C)c1CN1CCc2sccc2C1. The number of nitrogens with zero attached hydrogens (tertiary/aromatic N) is 3. The van der Waals surface area contributed by atoms with Crippen LogP contribution >= 0.6 is 11.3 Å². The van der Waals surface area contributed by atoms with Crippen molar-refractivity contribution in [3.63, 3.8) is 0 Å². The van der Waals surface area contributed by atoms with E-state index in [1.54, 1.807) is 10.9 Å². The number of hydrogen-bond donors (Lipinski definition) is 0. The largest absolute Gasteiger partial charge is 0.462 e. The molecule has 0 saturated heterocycles. The molecule has 0 N–H and O–H groups in total. The first-order chi connectivity index (χ1) is 10.2. The van der Waals surface area contributed by atoms with Crippen molar-refractivity contribution in [2.45, 2.75) is 26.4 Å². The zero-order valence-corrected chi connectivity index (χ0v) is 13.2. The summed E-state index contributed by atoms with van der Waals surface area (Å²) in [5, 5.41) is 6.37. The number of carbonyl (C=O) groups is 1. The zero-order valence-electron chi connectivity index (χ0n) is 12.3. The van der Waals surface area contributed by atoms with E-state index in [0.29, 0.717) is 12.2 Å². The lowest BCUT2D eigenvalue weighted by Gasteiger charge is -2.27. The van der Waals surface area contributed by atoms with E-state index in [1.165, 1.54) is 10.4 Å². The number of hydrogen-bond acceptors (Lipinski definition) is 5. The van der Waals surface area contributed by atoms with Gasteiger partial charge < -0.3 is 4.74 Å². The third-order valence-corrected chi connectivity index (χ3v) is 4.84. The Morgan fingerprint density at radius 2 is 2.38 bits per heavy atom. The highest BCUT2D eigenvalue weighted by Gasteiger charge is 2.22. The minimum atomic E-state index is -0.283. The molecule has 112 valence electrons. The number of aryl methyl sites for hydroxylation is 1. The third kappa shape index (κ3) is 2.87. The Kier molecular flexibility index (Phi) is 4.07. The van der Waals surface area contributed by atoms with Gasteiger partial charge in [-0.3, -0.25) is 9.58 Å². The van der Waals surface area contributed by atoms with Gasteiger partial charge >= 0.3 is 5.97 Å². The van der Waals surface area contributed by atoms with E-state index in [-0.39, 0.29) is 5.97 Å². The number of ether oxygens (including phenoxy) is 1. The van der Waals surface area contributed by atoms with Crippen LogP contribution in [0.2, 0.25) is 0 Å². The van der Waals surface area contributed by atoms with Crippen LogP contribution in [-0.4, -0.2) is 33.8 Å². The fourth-order valence-corrected chi connectivity index (χ4v) is 3.57. The summed E-state index contributed by atoms with van der Waals surface area (Å²) in [5.41, 5.74) is 2.91. The molecule has 0 atom stereocenters. The Morgan fingerprint density at radius 3 is 3.19 bits per heavy atom. The second-order valence-electron chi connectivity index (χ2n) is 5.18. The molecule has 0 aliphatic carbocycles. The number of esters is 1. The fraction of sp³-hybridized carbons (Fsp3) is 0.467. The molecule has 0 fully saturated rings. The average Bonchev–Trinajstić information content (AvgIpc) is 3.06. The van der Waals surface area contributed by atoms with Crippen LogP contribution in [0.3, 0.4) is 0 Å². The highest BCUT2D eigenvalue weighted by molar-refractivity contribution is 7.10. The molecule has 21 heavy (non-hydrogen) atoms. The highest BCUT2D eigenvalue weighted by atomic mass is 32.1. The minimum Gasteiger partial charge on any atom is -0.462 e. The molecule has 5 nitrogen and oxygen atoms in total. The predicted octanol–water partition coefficient (Wildman–Crippen LogP) is 2.22. The van der Waals surface area contributed by atoms with Gasteiger partial charge in [-0.1, -0.05) is 0 Å². The molecular weight excluding hydrogens is 286 g/mol. The molecular formula is C15H19N3O2S. The Labute approximate surface area is 128 Å². The van der Waals surface area contributed by atoms with Crippen LogP contribution in [0.5, 0.6) is 0 Å². The normalized spacial score (nSPS) is 15.0. The lowest BCUT2D eigenvalue weighted by atomic mass is 10.1. The monoisotopic (exact) mass is 305 g/mol. The first-order valence-corrected chi connectivity index (χ1v) is 8.02. The quantitative estimate of drug-likeness (QED) is 0.813. The summed E-state index contributed by atoms with van der Waals surface area (Å²) in [6, 6.07) is 2.20. The molecule has 0 saturated carbocycles. The molecule has 3 rings (SSSR count). The van der Waals surface area contributed by atoms with Gasteiger partial charge in [0.1, 0.15) is 5.56 Å². The van der Waals surface area contributed by atoms with Crippen molar-refractivity contribution in [1.29, 1.82) is 0 Å². The lowest BCUT2D eigenvalue weighted by molar-refractivity contribution is 0.0523. The van der Waals surface area contributed by atoms with Crippen molar-refractivity contribution in [1.82, 2.24) is 14.7 Å². The van der Waals surface area contributed by atoms with Crippen molar-refractivity contribution >= 4 is 17.3 Å². The Morgan fingerprint density at radius 1 is 1.52 bits per heavy atom. The molecule has 2 aromatic heterocycles. The molecule has 0 aromatic carbocycles. The maximum absolute atomic E-state index is 12.0. The number of aromatic nitrogens is 2. The van der Waals surface area contributed by atoms with Crippen LogP contribution in [0.15, 0.2) is 17.6 Å². The molecule has 0 unspecified atom stereocenters. The fourth-order valence-electron chi connectivity index (χ4n) is 2.68. The summed E-state index contributed by atoms with van der Waals surface area (Å²) in [7, 11) is 1.87. The standard InChI is InChI=1S/C15H19N3O2S/c1-3-20-15(19)12-8-16-17(2)13(12)10-18-6-4-14-11(9-18)5-7-21-14/h5,7-8H,3-4,6,9-10H2,1-2H3. The van der Waals surface area contributed by atoms with Crippen LogP contribution < -0.4 is 0 Å². The van der Waals surface area contributed by atoms with Crippen molar-refractivity contribution < 1.29 is 9.53 Å². The molecule has 6 heteroatoms. The van der Waals surface area contributed by atoms with Crippen molar-refractivity contribution in [3.05, 3.63) is 39.3 Å². The Hall–Kier alpha value is -1.66. The van der Waals surface area contributed by atoms with Gasteiger partial charge in [-0.05, 0) is 30.4 Å². The minimum absolute atomic E-state index is 0.283. The summed E-state index contributed by atoms with van der Waals surface area (Å²) in [5.74, 6) is -0.283. The van der Waals surface area contributed by atoms with Crippen LogP contribution in [0.1, 0.15) is 33.4 Å². The number of rotatable bonds is 4. The van der Waals surface area contributed by atoms with E-state index in [2.05, 4.69) is 21.4 Å².